The van der Waals surface area contributed by atoms with E-state index in [1.54, 1.807) is 12.1 Å². The van der Waals surface area contributed by atoms with Crippen LogP contribution in [0, 0.1) is 5.82 Å². The molecule has 0 amide bonds. The van der Waals surface area contributed by atoms with Crippen molar-refractivity contribution in [3.05, 3.63) is 47.4 Å². The molecule has 0 bridgehead atoms. The summed E-state index contributed by atoms with van der Waals surface area (Å²) in [6.45, 7) is 2.35. The SMILES string of the molecule is OC(CN1CC(OCc2nc(C3CC3)no2)C1)c1ccc(F)cc1. The lowest BCUT2D eigenvalue weighted by molar-refractivity contribution is -0.0799. The topological polar surface area (TPSA) is 71.6 Å². The molecule has 24 heavy (non-hydrogen) atoms. The van der Waals surface area contributed by atoms with Crippen molar-refractivity contribution in [2.24, 2.45) is 0 Å². The Morgan fingerprint density at radius 1 is 1.29 bits per heavy atom. The van der Waals surface area contributed by atoms with Crippen LogP contribution in [0.4, 0.5) is 4.39 Å². The molecule has 0 spiro atoms. The third kappa shape index (κ3) is 3.63. The van der Waals surface area contributed by atoms with Gasteiger partial charge in [-0.15, -0.1) is 0 Å². The zero-order valence-corrected chi connectivity index (χ0v) is 13.3. The molecule has 0 radical (unpaired) electrons. The van der Waals surface area contributed by atoms with Gasteiger partial charge >= 0.3 is 0 Å². The van der Waals surface area contributed by atoms with Crippen LogP contribution in [0.15, 0.2) is 28.8 Å². The van der Waals surface area contributed by atoms with Gasteiger partial charge in [-0.25, -0.2) is 4.39 Å². The lowest BCUT2D eigenvalue weighted by Crippen LogP contribution is -2.53. The molecule has 6 nitrogen and oxygen atoms in total. The van der Waals surface area contributed by atoms with Crippen LogP contribution in [0.2, 0.25) is 0 Å². The summed E-state index contributed by atoms with van der Waals surface area (Å²) in [5.74, 6) is 1.51. The van der Waals surface area contributed by atoms with Gasteiger partial charge < -0.3 is 14.4 Å². The zero-order valence-electron chi connectivity index (χ0n) is 13.3. The monoisotopic (exact) mass is 333 g/mol. The highest BCUT2D eigenvalue weighted by atomic mass is 19.1. The van der Waals surface area contributed by atoms with Gasteiger partial charge in [-0.2, -0.15) is 4.98 Å². The molecule has 7 heteroatoms. The summed E-state index contributed by atoms with van der Waals surface area (Å²) in [6, 6.07) is 5.95. The standard InChI is InChI=1S/C17H20FN3O3/c18-13-5-3-11(4-6-13)15(22)9-21-7-14(8-21)23-10-16-19-17(20-24-16)12-1-2-12/h3-6,12,14-15,22H,1-2,7-10H2. The van der Waals surface area contributed by atoms with Crippen LogP contribution in [0.3, 0.4) is 0 Å². The van der Waals surface area contributed by atoms with Crippen molar-refractivity contribution in [2.75, 3.05) is 19.6 Å². The minimum atomic E-state index is -0.622. The average Bonchev–Trinajstić information content (AvgIpc) is 3.29. The first kappa shape index (κ1) is 15.7. The molecule has 1 saturated carbocycles. The maximum Gasteiger partial charge on any atom is 0.252 e. The number of aliphatic hydroxyl groups is 1. The molecule has 1 aromatic heterocycles. The number of β-amino-alcohol motifs (C(OH)–C–C–N with tert-alkyl or cyclic N) is 1. The fraction of sp³-hybridized carbons (Fsp3) is 0.529. The molecule has 1 aliphatic heterocycles. The molecule has 2 heterocycles. The largest absolute Gasteiger partial charge is 0.387 e. The first-order valence-electron chi connectivity index (χ1n) is 8.27. The normalized spacial score (nSPS) is 20.1. The van der Waals surface area contributed by atoms with Crippen LogP contribution in [0.25, 0.3) is 0 Å². The minimum absolute atomic E-state index is 0.113. The number of rotatable bonds is 7. The van der Waals surface area contributed by atoms with Crippen LogP contribution < -0.4 is 0 Å². The van der Waals surface area contributed by atoms with E-state index in [-0.39, 0.29) is 11.9 Å². The average molecular weight is 333 g/mol. The van der Waals surface area contributed by atoms with Gasteiger partial charge in [0.15, 0.2) is 5.82 Å². The highest BCUT2D eigenvalue weighted by molar-refractivity contribution is 5.18. The van der Waals surface area contributed by atoms with E-state index in [0.29, 0.717) is 25.0 Å². The Balaban J connectivity index is 1.18. The highest BCUT2D eigenvalue weighted by Gasteiger charge is 2.31. The maximum absolute atomic E-state index is 12.9. The predicted molar refractivity (Wildman–Crippen MR) is 82.6 cm³/mol. The molecular formula is C17H20FN3O3. The van der Waals surface area contributed by atoms with Gasteiger partial charge in [-0.3, -0.25) is 4.90 Å². The third-order valence-corrected chi connectivity index (χ3v) is 4.48. The quantitative estimate of drug-likeness (QED) is 0.836. The number of benzene rings is 1. The van der Waals surface area contributed by atoms with Gasteiger partial charge in [0.05, 0.1) is 12.2 Å². The lowest BCUT2D eigenvalue weighted by atomic mass is 10.1. The zero-order chi connectivity index (χ0) is 16.5. The van der Waals surface area contributed by atoms with Crippen molar-refractivity contribution in [1.82, 2.24) is 15.0 Å². The van der Waals surface area contributed by atoms with Crippen LogP contribution in [0.1, 0.15) is 42.1 Å². The summed E-state index contributed by atoms with van der Waals surface area (Å²) in [4.78, 5) is 6.43. The van der Waals surface area contributed by atoms with Gasteiger partial charge in [-0.05, 0) is 30.5 Å². The Morgan fingerprint density at radius 3 is 2.75 bits per heavy atom. The van der Waals surface area contributed by atoms with E-state index in [1.807, 2.05) is 0 Å². The molecular weight excluding hydrogens is 313 g/mol. The molecule has 1 N–H and O–H groups in total. The molecule has 1 unspecified atom stereocenters. The molecule has 1 atom stereocenters. The first-order valence-corrected chi connectivity index (χ1v) is 8.27. The predicted octanol–water partition coefficient (Wildman–Crippen LogP) is 2.02. The molecule has 1 saturated heterocycles. The van der Waals surface area contributed by atoms with Crippen LogP contribution in [-0.2, 0) is 11.3 Å². The Bertz CT molecular complexity index is 681. The second kappa shape index (κ2) is 6.58. The minimum Gasteiger partial charge on any atom is -0.387 e. The highest BCUT2D eigenvalue weighted by Crippen LogP contribution is 2.38. The van der Waals surface area contributed by atoms with Crippen molar-refractivity contribution < 1.29 is 18.8 Å². The number of aliphatic hydroxyl groups excluding tert-OH is 1. The lowest BCUT2D eigenvalue weighted by Gasteiger charge is -2.39. The summed E-state index contributed by atoms with van der Waals surface area (Å²) in [5.41, 5.74) is 0.722. The molecule has 4 rings (SSSR count). The smallest absolute Gasteiger partial charge is 0.252 e. The van der Waals surface area contributed by atoms with Crippen LogP contribution in [0.5, 0.6) is 0 Å². The van der Waals surface area contributed by atoms with Crippen molar-refractivity contribution in [3.63, 3.8) is 0 Å². The number of aromatic nitrogens is 2. The van der Waals surface area contributed by atoms with Gasteiger partial charge in [0.25, 0.3) is 5.89 Å². The number of ether oxygens (including phenoxy) is 1. The fourth-order valence-corrected chi connectivity index (χ4v) is 2.84. The van der Waals surface area contributed by atoms with E-state index in [4.69, 9.17) is 9.26 Å². The fourth-order valence-electron chi connectivity index (χ4n) is 2.84. The van der Waals surface area contributed by atoms with E-state index >= 15 is 0 Å². The number of hydrogen-bond acceptors (Lipinski definition) is 6. The van der Waals surface area contributed by atoms with Crippen LogP contribution in [-0.4, -0.2) is 45.9 Å². The van der Waals surface area contributed by atoms with Gasteiger partial charge in [-0.1, -0.05) is 17.3 Å². The second-order valence-electron chi connectivity index (χ2n) is 6.54. The maximum atomic E-state index is 12.9. The van der Waals surface area contributed by atoms with E-state index in [1.165, 1.54) is 12.1 Å². The van der Waals surface area contributed by atoms with E-state index in [0.717, 1.165) is 37.3 Å². The van der Waals surface area contributed by atoms with E-state index in [2.05, 4.69) is 15.0 Å². The Morgan fingerprint density at radius 2 is 2.04 bits per heavy atom. The van der Waals surface area contributed by atoms with Crippen molar-refractivity contribution >= 4 is 0 Å². The molecule has 1 aliphatic carbocycles. The molecule has 2 aliphatic rings. The Hall–Kier alpha value is -1.83. The first-order chi connectivity index (χ1) is 11.7. The number of halogens is 1. The summed E-state index contributed by atoms with van der Waals surface area (Å²) in [7, 11) is 0. The number of hydrogen-bond donors (Lipinski definition) is 1. The molecule has 128 valence electrons. The molecule has 2 fully saturated rings. The van der Waals surface area contributed by atoms with Gasteiger partial charge in [0.1, 0.15) is 12.4 Å². The van der Waals surface area contributed by atoms with Crippen molar-refractivity contribution in [3.8, 4) is 0 Å². The van der Waals surface area contributed by atoms with E-state index < -0.39 is 6.10 Å². The third-order valence-electron chi connectivity index (χ3n) is 4.48. The van der Waals surface area contributed by atoms with Crippen molar-refractivity contribution in [2.45, 2.75) is 37.6 Å². The summed E-state index contributed by atoms with van der Waals surface area (Å²) in [5, 5.41) is 14.1. The van der Waals surface area contributed by atoms with Gasteiger partial charge in [0.2, 0.25) is 0 Å². The van der Waals surface area contributed by atoms with E-state index in [9.17, 15) is 9.50 Å². The number of likely N-dealkylation sites (tertiary alicyclic amines) is 1. The molecule has 1 aromatic carbocycles. The summed E-state index contributed by atoms with van der Waals surface area (Å²) >= 11 is 0. The number of nitrogens with zero attached hydrogens (tertiary/aromatic N) is 3. The van der Waals surface area contributed by atoms with Gasteiger partial charge in [0, 0.05) is 25.6 Å². The summed E-state index contributed by atoms with van der Waals surface area (Å²) < 4.78 is 23.8. The Labute approximate surface area is 139 Å². The second-order valence-corrected chi connectivity index (χ2v) is 6.54. The van der Waals surface area contributed by atoms with Crippen LogP contribution >= 0.6 is 0 Å². The molecule has 2 aromatic rings. The Kier molecular flexibility index (Phi) is 4.30. The van der Waals surface area contributed by atoms with Crippen molar-refractivity contribution in [1.29, 1.82) is 0 Å². The summed E-state index contributed by atoms with van der Waals surface area (Å²) in [6.07, 6.45) is 1.78.